The Morgan fingerprint density at radius 1 is 1.24 bits per heavy atom. The number of carbonyl (C=O) groups excluding carboxylic acids is 1. The molecule has 0 unspecified atom stereocenters. The monoisotopic (exact) mass is 292 g/mol. The highest BCUT2D eigenvalue weighted by Crippen LogP contribution is 2.28. The molecule has 6 heteroatoms. The number of hydrogen-bond acceptors (Lipinski definition) is 4. The van der Waals surface area contributed by atoms with Crippen molar-refractivity contribution < 1.29 is 19.4 Å². The number of carboxylic acids is 1. The number of nitrogens with one attached hydrogen (secondary N) is 2. The molecule has 114 valence electrons. The van der Waals surface area contributed by atoms with Crippen molar-refractivity contribution in [1.82, 2.24) is 10.6 Å². The van der Waals surface area contributed by atoms with Crippen molar-refractivity contribution in [3.05, 3.63) is 35.9 Å². The minimum absolute atomic E-state index is 0.0949. The van der Waals surface area contributed by atoms with Gasteiger partial charge in [0, 0.05) is 6.54 Å². The van der Waals surface area contributed by atoms with Crippen molar-refractivity contribution in [2.45, 2.75) is 19.4 Å². The Morgan fingerprint density at radius 3 is 2.52 bits per heavy atom. The molecule has 1 aromatic rings. The predicted molar refractivity (Wildman–Crippen MR) is 76.8 cm³/mol. The first kappa shape index (κ1) is 15.3. The van der Waals surface area contributed by atoms with Gasteiger partial charge in [-0.2, -0.15) is 0 Å². The summed E-state index contributed by atoms with van der Waals surface area (Å²) in [6.07, 6.45) is 0.417. The molecule has 6 nitrogen and oxygen atoms in total. The van der Waals surface area contributed by atoms with Gasteiger partial charge in [-0.3, -0.25) is 4.79 Å². The molecule has 1 aliphatic heterocycles. The number of rotatable bonds is 5. The Morgan fingerprint density at radius 2 is 1.90 bits per heavy atom. The fraction of sp³-hybridized carbons (Fsp3) is 0.467. The molecule has 0 aliphatic carbocycles. The zero-order chi connectivity index (χ0) is 15.1. The number of amides is 1. The first-order valence-electron chi connectivity index (χ1n) is 7.01. The van der Waals surface area contributed by atoms with E-state index >= 15 is 0 Å². The van der Waals surface area contributed by atoms with Crippen LogP contribution < -0.4 is 10.6 Å². The summed E-state index contributed by atoms with van der Waals surface area (Å²) in [5.41, 5.74) is -0.000678. The summed E-state index contributed by atoms with van der Waals surface area (Å²) in [6.45, 7) is 1.56. The van der Waals surface area contributed by atoms with E-state index in [0.717, 1.165) is 5.56 Å². The Balaban J connectivity index is 1.80. The van der Waals surface area contributed by atoms with Crippen molar-refractivity contribution in [2.75, 3.05) is 19.6 Å². The van der Waals surface area contributed by atoms with E-state index in [-0.39, 0.29) is 13.2 Å². The fourth-order valence-corrected chi connectivity index (χ4v) is 2.39. The van der Waals surface area contributed by atoms with E-state index in [1.165, 1.54) is 0 Å². The maximum atomic E-state index is 11.7. The number of hydrogen-bond donors (Lipinski definition) is 3. The molecule has 1 fully saturated rings. The van der Waals surface area contributed by atoms with Crippen molar-refractivity contribution in [3.8, 4) is 0 Å². The molecule has 0 atom stereocenters. The third kappa shape index (κ3) is 4.19. The largest absolute Gasteiger partial charge is 0.481 e. The van der Waals surface area contributed by atoms with Crippen molar-refractivity contribution >= 4 is 12.1 Å². The number of carbonyl (C=O) groups is 2. The summed E-state index contributed by atoms with van der Waals surface area (Å²) in [6, 6.07) is 9.34. The van der Waals surface area contributed by atoms with Crippen LogP contribution in [0.5, 0.6) is 0 Å². The van der Waals surface area contributed by atoms with Gasteiger partial charge >= 0.3 is 12.1 Å². The molecule has 1 heterocycles. The molecule has 1 saturated heterocycles. The summed E-state index contributed by atoms with van der Waals surface area (Å²) in [5, 5.41) is 15.1. The minimum Gasteiger partial charge on any atom is -0.481 e. The lowest BCUT2D eigenvalue weighted by Crippen LogP contribution is -2.49. The number of aliphatic carboxylic acids is 1. The van der Waals surface area contributed by atoms with E-state index in [2.05, 4.69) is 10.6 Å². The minimum atomic E-state index is -0.892. The summed E-state index contributed by atoms with van der Waals surface area (Å²) < 4.78 is 5.09. The quantitative estimate of drug-likeness (QED) is 0.763. The zero-order valence-corrected chi connectivity index (χ0v) is 11.8. The first-order valence-corrected chi connectivity index (χ1v) is 7.01. The molecular formula is C15H20N2O4. The number of piperidine rings is 1. The molecule has 0 radical (unpaired) electrons. The standard InChI is InChI=1S/C15H20N2O4/c18-13(19)15(6-8-16-9-7-15)11-17-14(20)21-10-12-4-2-1-3-5-12/h1-5,16H,6-11H2,(H,17,20)(H,18,19). The van der Waals surface area contributed by atoms with Crippen LogP contribution in [0, 0.1) is 5.41 Å². The van der Waals surface area contributed by atoms with Crippen LogP contribution in [0.4, 0.5) is 4.79 Å². The lowest BCUT2D eigenvalue weighted by molar-refractivity contribution is -0.150. The van der Waals surface area contributed by atoms with Gasteiger partial charge in [-0.15, -0.1) is 0 Å². The Kier molecular flexibility index (Phi) is 5.16. The number of ether oxygens (including phenoxy) is 1. The van der Waals surface area contributed by atoms with Crippen LogP contribution in [-0.4, -0.2) is 36.8 Å². The molecule has 1 aliphatic rings. The van der Waals surface area contributed by atoms with E-state index < -0.39 is 17.5 Å². The normalized spacial score (nSPS) is 17.0. The highest BCUT2D eigenvalue weighted by molar-refractivity contribution is 5.76. The highest BCUT2D eigenvalue weighted by Gasteiger charge is 2.40. The Labute approximate surface area is 123 Å². The van der Waals surface area contributed by atoms with Crippen LogP contribution in [0.2, 0.25) is 0 Å². The van der Waals surface area contributed by atoms with E-state index in [1.807, 2.05) is 30.3 Å². The van der Waals surface area contributed by atoms with Gasteiger partial charge in [0.2, 0.25) is 0 Å². The maximum Gasteiger partial charge on any atom is 0.407 e. The molecule has 3 N–H and O–H groups in total. The van der Waals surface area contributed by atoms with Crippen LogP contribution in [0.3, 0.4) is 0 Å². The molecule has 1 amide bonds. The van der Waals surface area contributed by atoms with E-state index in [4.69, 9.17) is 4.74 Å². The van der Waals surface area contributed by atoms with E-state index in [1.54, 1.807) is 0 Å². The van der Waals surface area contributed by atoms with Crippen LogP contribution in [0.15, 0.2) is 30.3 Å². The number of carboxylic acid groups (broad SMARTS) is 1. The topological polar surface area (TPSA) is 87.7 Å². The van der Waals surface area contributed by atoms with Gasteiger partial charge in [-0.25, -0.2) is 4.79 Å². The maximum absolute atomic E-state index is 11.7. The smallest absolute Gasteiger partial charge is 0.407 e. The second-order valence-corrected chi connectivity index (χ2v) is 5.25. The molecule has 2 rings (SSSR count). The predicted octanol–water partition coefficient (Wildman–Crippen LogP) is 1.37. The van der Waals surface area contributed by atoms with Gasteiger partial charge in [0.15, 0.2) is 0 Å². The van der Waals surface area contributed by atoms with Gasteiger partial charge in [0.25, 0.3) is 0 Å². The summed E-state index contributed by atoms with van der Waals surface area (Å²) in [7, 11) is 0. The molecule has 0 saturated carbocycles. The van der Waals surface area contributed by atoms with E-state index in [9.17, 15) is 14.7 Å². The first-order chi connectivity index (χ1) is 10.1. The Bertz CT molecular complexity index is 484. The van der Waals surface area contributed by atoms with Crippen molar-refractivity contribution in [3.63, 3.8) is 0 Å². The van der Waals surface area contributed by atoms with Crippen LogP contribution in [0.25, 0.3) is 0 Å². The highest BCUT2D eigenvalue weighted by atomic mass is 16.5. The number of alkyl carbamates (subject to hydrolysis) is 1. The van der Waals surface area contributed by atoms with Crippen LogP contribution in [-0.2, 0) is 16.1 Å². The van der Waals surface area contributed by atoms with Gasteiger partial charge in [-0.05, 0) is 31.5 Å². The fourth-order valence-electron chi connectivity index (χ4n) is 2.39. The summed E-state index contributed by atoms with van der Waals surface area (Å²) >= 11 is 0. The van der Waals surface area contributed by atoms with Crippen molar-refractivity contribution in [1.29, 1.82) is 0 Å². The summed E-state index contributed by atoms with van der Waals surface area (Å²) in [4.78, 5) is 23.1. The Hall–Kier alpha value is -2.08. The molecule has 0 spiro atoms. The molecular weight excluding hydrogens is 272 g/mol. The number of benzene rings is 1. The third-order valence-electron chi connectivity index (χ3n) is 3.80. The van der Waals surface area contributed by atoms with Crippen molar-refractivity contribution in [2.24, 2.45) is 5.41 Å². The van der Waals surface area contributed by atoms with Crippen LogP contribution in [0.1, 0.15) is 18.4 Å². The lowest BCUT2D eigenvalue weighted by atomic mass is 9.79. The lowest BCUT2D eigenvalue weighted by Gasteiger charge is -2.33. The second kappa shape index (κ2) is 7.08. The molecule has 21 heavy (non-hydrogen) atoms. The SMILES string of the molecule is O=C(NCC1(C(=O)O)CCNCC1)OCc1ccccc1. The molecule has 0 aromatic heterocycles. The van der Waals surface area contributed by atoms with Gasteiger partial charge < -0.3 is 20.5 Å². The average molecular weight is 292 g/mol. The third-order valence-corrected chi connectivity index (χ3v) is 3.80. The van der Waals surface area contributed by atoms with Gasteiger partial charge in [-0.1, -0.05) is 30.3 Å². The second-order valence-electron chi connectivity index (χ2n) is 5.25. The zero-order valence-electron chi connectivity index (χ0n) is 11.8. The summed E-state index contributed by atoms with van der Waals surface area (Å²) in [5.74, 6) is -0.868. The van der Waals surface area contributed by atoms with E-state index in [0.29, 0.717) is 25.9 Å². The average Bonchev–Trinajstić information content (AvgIpc) is 2.52. The molecule has 0 bridgehead atoms. The van der Waals surface area contributed by atoms with Gasteiger partial charge in [0.05, 0.1) is 5.41 Å². The van der Waals surface area contributed by atoms with Gasteiger partial charge in [0.1, 0.15) is 6.61 Å². The molecule has 1 aromatic carbocycles. The van der Waals surface area contributed by atoms with Crippen LogP contribution >= 0.6 is 0 Å².